The first kappa shape index (κ1) is 19.0. The number of esters is 1. The highest BCUT2D eigenvalue weighted by Gasteiger charge is 2.16. The average molecular weight is 367 g/mol. The molecule has 0 atom stereocenters. The van der Waals surface area contributed by atoms with E-state index in [0.717, 1.165) is 18.2 Å². The second-order valence-corrected chi connectivity index (χ2v) is 4.84. The van der Waals surface area contributed by atoms with Gasteiger partial charge in [-0.2, -0.15) is 8.78 Å². The molecule has 0 heterocycles. The SMILES string of the molecule is O=C(COC(=O)c1ccccc1F)NC(=O)c1ccc(OC(F)F)cc1. The van der Waals surface area contributed by atoms with Crippen LogP contribution >= 0.6 is 0 Å². The minimum absolute atomic E-state index is 0.000367. The molecular weight excluding hydrogens is 355 g/mol. The van der Waals surface area contributed by atoms with E-state index in [2.05, 4.69) is 9.47 Å². The highest BCUT2D eigenvalue weighted by atomic mass is 19.3. The maximum atomic E-state index is 13.4. The Kier molecular flexibility index (Phi) is 6.31. The summed E-state index contributed by atoms with van der Waals surface area (Å²) in [6.07, 6.45) is 0. The van der Waals surface area contributed by atoms with Crippen LogP contribution in [0.5, 0.6) is 5.75 Å². The summed E-state index contributed by atoms with van der Waals surface area (Å²) >= 11 is 0. The van der Waals surface area contributed by atoms with Crippen molar-refractivity contribution in [1.29, 1.82) is 0 Å². The van der Waals surface area contributed by atoms with Crippen LogP contribution in [0.15, 0.2) is 48.5 Å². The summed E-state index contributed by atoms with van der Waals surface area (Å²) in [6.45, 7) is -3.80. The van der Waals surface area contributed by atoms with Gasteiger partial charge < -0.3 is 9.47 Å². The van der Waals surface area contributed by atoms with E-state index in [4.69, 9.17) is 0 Å². The molecule has 0 saturated carbocycles. The zero-order valence-electron chi connectivity index (χ0n) is 13.1. The quantitative estimate of drug-likeness (QED) is 0.794. The lowest BCUT2D eigenvalue weighted by molar-refractivity contribution is -0.123. The van der Waals surface area contributed by atoms with Crippen molar-refractivity contribution in [2.24, 2.45) is 0 Å². The van der Waals surface area contributed by atoms with Gasteiger partial charge in [-0.15, -0.1) is 0 Å². The van der Waals surface area contributed by atoms with Crippen LogP contribution in [0.4, 0.5) is 13.2 Å². The van der Waals surface area contributed by atoms with Gasteiger partial charge in [-0.1, -0.05) is 12.1 Å². The number of nitrogens with one attached hydrogen (secondary N) is 1. The summed E-state index contributed by atoms with van der Waals surface area (Å²) in [5, 5.41) is 1.94. The van der Waals surface area contributed by atoms with Crippen molar-refractivity contribution in [2.45, 2.75) is 6.61 Å². The second-order valence-electron chi connectivity index (χ2n) is 4.84. The van der Waals surface area contributed by atoms with E-state index in [9.17, 15) is 27.6 Å². The topological polar surface area (TPSA) is 81.7 Å². The van der Waals surface area contributed by atoms with Gasteiger partial charge in [0.15, 0.2) is 6.61 Å². The number of hydrogen-bond donors (Lipinski definition) is 1. The van der Waals surface area contributed by atoms with E-state index in [1.807, 2.05) is 5.32 Å². The van der Waals surface area contributed by atoms with Crippen molar-refractivity contribution in [1.82, 2.24) is 5.32 Å². The van der Waals surface area contributed by atoms with Gasteiger partial charge in [0.2, 0.25) is 0 Å². The Morgan fingerprint density at radius 1 is 1.00 bits per heavy atom. The average Bonchev–Trinajstić information content (AvgIpc) is 2.60. The molecule has 0 aromatic heterocycles. The molecule has 2 aromatic carbocycles. The first-order valence-electron chi connectivity index (χ1n) is 7.17. The molecule has 6 nitrogen and oxygen atoms in total. The molecule has 0 aliphatic heterocycles. The number of halogens is 3. The highest BCUT2D eigenvalue weighted by Crippen LogP contribution is 2.14. The number of benzene rings is 2. The van der Waals surface area contributed by atoms with Crippen LogP contribution in [0, 0.1) is 5.82 Å². The Hall–Kier alpha value is -3.36. The Morgan fingerprint density at radius 2 is 1.65 bits per heavy atom. The lowest BCUT2D eigenvalue weighted by atomic mass is 10.2. The largest absolute Gasteiger partial charge is 0.452 e. The lowest BCUT2D eigenvalue weighted by Gasteiger charge is -2.07. The summed E-state index contributed by atoms with van der Waals surface area (Å²) in [5.41, 5.74) is -0.346. The zero-order chi connectivity index (χ0) is 19.1. The van der Waals surface area contributed by atoms with Gasteiger partial charge >= 0.3 is 12.6 Å². The molecule has 0 aliphatic carbocycles. The van der Waals surface area contributed by atoms with Gasteiger partial charge in [0.05, 0.1) is 5.56 Å². The molecule has 0 fully saturated rings. The van der Waals surface area contributed by atoms with Gasteiger partial charge in [-0.25, -0.2) is 9.18 Å². The molecular formula is C17H12F3NO5. The van der Waals surface area contributed by atoms with E-state index in [1.54, 1.807) is 0 Å². The number of hydrogen-bond acceptors (Lipinski definition) is 5. The number of carbonyl (C=O) groups excluding carboxylic acids is 3. The molecule has 2 amide bonds. The molecule has 0 unspecified atom stereocenters. The lowest BCUT2D eigenvalue weighted by Crippen LogP contribution is -2.34. The predicted octanol–water partition coefficient (Wildman–Crippen LogP) is 2.54. The van der Waals surface area contributed by atoms with Crippen LogP contribution < -0.4 is 10.1 Å². The van der Waals surface area contributed by atoms with Crippen LogP contribution in [0.25, 0.3) is 0 Å². The molecule has 0 bridgehead atoms. The Balaban J connectivity index is 1.86. The minimum atomic E-state index is -3.00. The van der Waals surface area contributed by atoms with E-state index in [1.165, 1.54) is 30.3 Å². The molecule has 26 heavy (non-hydrogen) atoms. The second kappa shape index (κ2) is 8.65. The highest BCUT2D eigenvalue weighted by molar-refractivity contribution is 6.05. The fourth-order valence-electron chi connectivity index (χ4n) is 1.86. The van der Waals surface area contributed by atoms with E-state index >= 15 is 0 Å². The first-order chi connectivity index (χ1) is 12.4. The first-order valence-corrected chi connectivity index (χ1v) is 7.17. The minimum Gasteiger partial charge on any atom is -0.452 e. The van der Waals surface area contributed by atoms with Gasteiger partial charge in [-0.05, 0) is 36.4 Å². The standard InChI is InChI=1S/C17H12F3NO5/c18-13-4-2-1-3-12(13)16(24)25-9-14(22)21-15(23)10-5-7-11(8-6-10)26-17(19)20/h1-8,17H,9H2,(H,21,22,23). The van der Waals surface area contributed by atoms with Crippen LogP contribution in [-0.2, 0) is 9.53 Å². The normalized spacial score (nSPS) is 10.3. The summed E-state index contributed by atoms with van der Waals surface area (Å²) < 4.78 is 46.2. The van der Waals surface area contributed by atoms with Crippen molar-refractivity contribution in [3.05, 3.63) is 65.5 Å². The van der Waals surface area contributed by atoms with Gasteiger partial charge in [0.25, 0.3) is 11.8 Å². The van der Waals surface area contributed by atoms with E-state index in [-0.39, 0.29) is 16.9 Å². The maximum absolute atomic E-state index is 13.4. The van der Waals surface area contributed by atoms with Crippen molar-refractivity contribution < 1.29 is 37.0 Å². The Morgan fingerprint density at radius 3 is 2.27 bits per heavy atom. The predicted molar refractivity (Wildman–Crippen MR) is 82.2 cm³/mol. The van der Waals surface area contributed by atoms with Crippen molar-refractivity contribution in [3.8, 4) is 5.75 Å². The molecule has 0 saturated heterocycles. The third kappa shape index (κ3) is 5.33. The van der Waals surface area contributed by atoms with E-state index < -0.39 is 36.8 Å². The third-order valence-corrected chi connectivity index (χ3v) is 3.02. The van der Waals surface area contributed by atoms with Crippen molar-refractivity contribution >= 4 is 17.8 Å². The summed E-state index contributed by atoms with van der Waals surface area (Å²) in [7, 11) is 0. The van der Waals surface area contributed by atoms with Crippen LogP contribution in [0.1, 0.15) is 20.7 Å². The molecule has 0 aliphatic rings. The molecule has 2 rings (SSSR count). The molecule has 1 N–H and O–H groups in total. The fourth-order valence-corrected chi connectivity index (χ4v) is 1.86. The fraction of sp³-hybridized carbons (Fsp3) is 0.118. The number of carbonyl (C=O) groups is 3. The summed E-state index contributed by atoms with van der Waals surface area (Å²) in [6, 6.07) is 9.65. The maximum Gasteiger partial charge on any atom is 0.387 e. The molecule has 2 aromatic rings. The monoisotopic (exact) mass is 367 g/mol. The van der Waals surface area contributed by atoms with Crippen molar-refractivity contribution in [3.63, 3.8) is 0 Å². The Bertz CT molecular complexity index is 808. The number of rotatable bonds is 6. The van der Waals surface area contributed by atoms with Crippen LogP contribution in [0.3, 0.4) is 0 Å². The van der Waals surface area contributed by atoms with E-state index in [0.29, 0.717) is 0 Å². The zero-order valence-corrected chi connectivity index (χ0v) is 13.1. The smallest absolute Gasteiger partial charge is 0.387 e. The van der Waals surface area contributed by atoms with Crippen molar-refractivity contribution in [2.75, 3.05) is 6.61 Å². The van der Waals surface area contributed by atoms with Gasteiger partial charge in [-0.3, -0.25) is 14.9 Å². The number of amides is 2. The number of alkyl halides is 2. The molecule has 136 valence electrons. The van der Waals surface area contributed by atoms with Gasteiger partial charge in [0.1, 0.15) is 11.6 Å². The van der Waals surface area contributed by atoms with Gasteiger partial charge in [0, 0.05) is 5.56 Å². The van der Waals surface area contributed by atoms with Crippen LogP contribution in [0.2, 0.25) is 0 Å². The van der Waals surface area contributed by atoms with Crippen LogP contribution in [-0.4, -0.2) is 31.0 Å². The Labute approximate surface area is 145 Å². The molecule has 0 spiro atoms. The third-order valence-electron chi connectivity index (χ3n) is 3.02. The summed E-state index contributed by atoms with van der Waals surface area (Å²) in [4.78, 5) is 35.1. The number of ether oxygens (including phenoxy) is 2. The molecule has 0 radical (unpaired) electrons. The molecule has 9 heteroatoms. The summed E-state index contributed by atoms with van der Waals surface area (Å²) in [5.74, 6) is -3.78. The number of imide groups is 1.